The number of nitrogens with one attached hydrogen (secondary N) is 1. The number of halogens is 2. The van der Waals surface area contributed by atoms with Crippen molar-refractivity contribution in [2.75, 3.05) is 17.9 Å². The molecule has 0 aliphatic rings. The third-order valence-electron chi connectivity index (χ3n) is 4.47. The van der Waals surface area contributed by atoms with Crippen molar-refractivity contribution in [3.05, 3.63) is 89.5 Å². The second kappa shape index (κ2) is 10.5. The van der Waals surface area contributed by atoms with Crippen LogP contribution in [0.5, 0.6) is 5.75 Å². The Hall–Kier alpha value is -3.01. The summed E-state index contributed by atoms with van der Waals surface area (Å²) < 4.78 is 66.2. The van der Waals surface area contributed by atoms with Gasteiger partial charge in [-0.05, 0) is 36.8 Å². The molecule has 0 saturated heterocycles. The molecule has 0 fully saturated rings. The van der Waals surface area contributed by atoms with Crippen LogP contribution in [-0.2, 0) is 21.4 Å². The van der Waals surface area contributed by atoms with Crippen LogP contribution in [0.3, 0.4) is 0 Å². The number of aryl methyl sites for hydroxylation is 1. The van der Waals surface area contributed by atoms with Gasteiger partial charge in [-0.3, -0.25) is 4.72 Å². The molecular weight excluding hydrogens is 440 g/mol. The normalized spacial score (nSPS) is 12.4. The molecule has 0 saturated carbocycles. The summed E-state index contributed by atoms with van der Waals surface area (Å²) in [6, 6.07) is 17.1. The van der Waals surface area contributed by atoms with Gasteiger partial charge in [0.15, 0.2) is 11.6 Å². The molecule has 0 unspecified atom stereocenters. The Bertz CT molecular complexity index is 1140. The lowest BCUT2D eigenvalue weighted by atomic mass is 10.2. The first-order valence-electron chi connectivity index (χ1n) is 9.76. The smallest absolute Gasteiger partial charge is 0.262 e. The van der Waals surface area contributed by atoms with Gasteiger partial charge in [0.05, 0.1) is 23.8 Å². The molecule has 1 atom stereocenters. The summed E-state index contributed by atoms with van der Waals surface area (Å²) in [7, 11) is -4.07. The molecule has 0 aromatic heterocycles. The predicted octanol–water partition coefficient (Wildman–Crippen LogP) is 4.03. The second-order valence-electron chi connectivity index (χ2n) is 7.12. The van der Waals surface area contributed by atoms with Gasteiger partial charge in [0.1, 0.15) is 12.7 Å². The van der Waals surface area contributed by atoms with E-state index in [4.69, 9.17) is 9.47 Å². The van der Waals surface area contributed by atoms with Gasteiger partial charge < -0.3 is 14.6 Å². The van der Waals surface area contributed by atoms with E-state index >= 15 is 0 Å². The van der Waals surface area contributed by atoms with Crippen LogP contribution in [0.4, 0.5) is 14.5 Å². The first-order valence-corrected chi connectivity index (χ1v) is 11.2. The molecule has 2 N–H and O–H groups in total. The minimum Gasteiger partial charge on any atom is -0.485 e. The van der Waals surface area contributed by atoms with Gasteiger partial charge in [0.2, 0.25) is 5.82 Å². The fourth-order valence-electron chi connectivity index (χ4n) is 2.79. The number of rotatable bonds is 10. The van der Waals surface area contributed by atoms with Crippen molar-refractivity contribution in [2.45, 2.75) is 24.5 Å². The number of hydrogen-bond donors (Lipinski definition) is 2. The molecule has 0 aliphatic carbocycles. The molecule has 3 aromatic carbocycles. The molecule has 0 heterocycles. The highest BCUT2D eigenvalue weighted by molar-refractivity contribution is 7.92. The topological polar surface area (TPSA) is 84.9 Å². The minimum atomic E-state index is -4.07. The number of benzene rings is 3. The van der Waals surface area contributed by atoms with Crippen LogP contribution in [0, 0.1) is 18.6 Å². The molecule has 170 valence electrons. The molecule has 9 heteroatoms. The van der Waals surface area contributed by atoms with E-state index in [1.165, 1.54) is 12.1 Å². The van der Waals surface area contributed by atoms with Crippen LogP contribution in [0.1, 0.15) is 11.1 Å². The van der Waals surface area contributed by atoms with E-state index in [1.807, 2.05) is 30.3 Å². The van der Waals surface area contributed by atoms with Crippen molar-refractivity contribution < 1.29 is 31.8 Å². The van der Waals surface area contributed by atoms with Gasteiger partial charge in [-0.25, -0.2) is 12.8 Å². The van der Waals surface area contributed by atoms with Crippen molar-refractivity contribution in [3.63, 3.8) is 0 Å². The van der Waals surface area contributed by atoms with Crippen LogP contribution in [-0.4, -0.2) is 32.8 Å². The quantitative estimate of drug-likeness (QED) is 0.474. The molecule has 3 aromatic rings. The lowest BCUT2D eigenvalue weighted by molar-refractivity contribution is 0.00489. The van der Waals surface area contributed by atoms with E-state index < -0.39 is 40.1 Å². The van der Waals surface area contributed by atoms with Crippen LogP contribution in [0.25, 0.3) is 0 Å². The highest BCUT2D eigenvalue weighted by Gasteiger charge is 2.22. The van der Waals surface area contributed by atoms with E-state index in [9.17, 15) is 22.3 Å². The van der Waals surface area contributed by atoms with Gasteiger partial charge in [-0.2, -0.15) is 4.39 Å². The van der Waals surface area contributed by atoms with Crippen LogP contribution in [0.15, 0.2) is 71.6 Å². The Kier molecular flexibility index (Phi) is 7.79. The van der Waals surface area contributed by atoms with Crippen LogP contribution in [0.2, 0.25) is 0 Å². The second-order valence-corrected chi connectivity index (χ2v) is 8.80. The summed E-state index contributed by atoms with van der Waals surface area (Å²) in [5.41, 5.74) is 1.48. The lowest BCUT2D eigenvalue weighted by Crippen LogP contribution is -2.24. The molecule has 3 rings (SSSR count). The highest BCUT2D eigenvalue weighted by atomic mass is 32.2. The van der Waals surface area contributed by atoms with E-state index in [0.717, 1.165) is 23.3 Å². The van der Waals surface area contributed by atoms with Crippen molar-refractivity contribution >= 4 is 15.7 Å². The Morgan fingerprint density at radius 3 is 2.34 bits per heavy atom. The fraction of sp³-hybridized carbons (Fsp3) is 0.217. The van der Waals surface area contributed by atoms with E-state index in [1.54, 1.807) is 19.1 Å². The molecule has 0 spiro atoms. The van der Waals surface area contributed by atoms with Gasteiger partial charge in [-0.1, -0.05) is 48.0 Å². The molecular formula is C23H23F2NO5S. The number of aliphatic hydroxyl groups is 1. The highest BCUT2D eigenvalue weighted by Crippen LogP contribution is 2.32. The fourth-order valence-corrected chi connectivity index (χ4v) is 3.85. The zero-order chi connectivity index (χ0) is 23.1. The molecule has 6 nitrogen and oxygen atoms in total. The predicted molar refractivity (Wildman–Crippen MR) is 116 cm³/mol. The maximum Gasteiger partial charge on any atom is 0.262 e. The van der Waals surface area contributed by atoms with Crippen molar-refractivity contribution in [1.29, 1.82) is 0 Å². The largest absolute Gasteiger partial charge is 0.485 e. The average molecular weight is 464 g/mol. The van der Waals surface area contributed by atoms with Crippen LogP contribution >= 0.6 is 0 Å². The molecule has 0 bridgehead atoms. The summed E-state index contributed by atoms with van der Waals surface area (Å²) in [6.07, 6.45) is -1.15. The molecule has 0 amide bonds. The summed E-state index contributed by atoms with van der Waals surface area (Å²) in [6.45, 7) is 1.51. The number of hydrogen-bond acceptors (Lipinski definition) is 5. The number of anilines is 1. The van der Waals surface area contributed by atoms with Gasteiger partial charge in [0.25, 0.3) is 10.0 Å². The first-order chi connectivity index (χ1) is 15.3. The Balaban J connectivity index is 1.67. The zero-order valence-electron chi connectivity index (χ0n) is 17.3. The Morgan fingerprint density at radius 2 is 1.66 bits per heavy atom. The summed E-state index contributed by atoms with van der Waals surface area (Å²) in [5, 5.41) is 10.1. The molecule has 0 aliphatic heterocycles. The zero-order valence-corrected chi connectivity index (χ0v) is 18.1. The SMILES string of the molecule is Cc1ccc(S(=O)(=O)Nc2ccc(F)c(F)c2OC[C@H](O)COCc2ccccc2)cc1. The summed E-state index contributed by atoms with van der Waals surface area (Å²) in [5.74, 6) is -3.23. The molecule has 0 radical (unpaired) electrons. The standard InChI is InChI=1S/C23H23F2NO5S/c1-16-7-9-19(10-8-16)32(28,29)26-21-12-11-20(24)22(25)23(21)31-15-18(27)14-30-13-17-5-3-2-4-6-17/h2-12,18,26-27H,13-15H2,1H3/t18-/m1/s1. The maximum atomic E-state index is 14.4. The van der Waals surface area contributed by atoms with Gasteiger partial charge in [0, 0.05) is 0 Å². The minimum absolute atomic E-state index is 0.0480. The Morgan fingerprint density at radius 1 is 0.969 bits per heavy atom. The maximum absolute atomic E-state index is 14.4. The number of ether oxygens (including phenoxy) is 2. The van der Waals surface area contributed by atoms with Crippen LogP contribution < -0.4 is 9.46 Å². The summed E-state index contributed by atoms with van der Waals surface area (Å²) in [4.78, 5) is -0.0480. The van der Waals surface area contributed by atoms with Gasteiger partial charge in [-0.15, -0.1) is 0 Å². The first kappa shape index (κ1) is 23.6. The van der Waals surface area contributed by atoms with Crippen molar-refractivity contribution in [1.82, 2.24) is 0 Å². The van der Waals surface area contributed by atoms with Gasteiger partial charge >= 0.3 is 0 Å². The molecule has 32 heavy (non-hydrogen) atoms. The van der Waals surface area contributed by atoms with E-state index in [0.29, 0.717) is 0 Å². The Labute approximate surface area is 185 Å². The summed E-state index contributed by atoms with van der Waals surface area (Å²) >= 11 is 0. The number of sulfonamides is 1. The third kappa shape index (κ3) is 6.25. The lowest BCUT2D eigenvalue weighted by Gasteiger charge is -2.17. The van der Waals surface area contributed by atoms with E-state index in [-0.39, 0.29) is 23.8 Å². The van der Waals surface area contributed by atoms with Crippen molar-refractivity contribution in [3.8, 4) is 5.75 Å². The monoisotopic (exact) mass is 463 g/mol. The average Bonchev–Trinajstić information content (AvgIpc) is 2.77. The number of aliphatic hydroxyl groups excluding tert-OH is 1. The third-order valence-corrected chi connectivity index (χ3v) is 5.85. The van der Waals surface area contributed by atoms with E-state index in [2.05, 4.69) is 4.72 Å². The van der Waals surface area contributed by atoms with Crippen molar-refractivity contribution in [2.24, 2.45) is 0 Å².